The highest BCUT2D eigenvalue weighted by Gasteiger charge is 2.18. The van der Waals surface area contributed by atoms with Crippen molar-refractivity contribution in [3.63, 3.8) is 0 Å². The number of hydrogen-bond donors (Lipinski definition) is 2. The van der Waals surface area contributed by atoms with E-state index in [1.54, 1.807) is 17.9 Å². The van der Waals surface area contributed by atoms with Crippen molar-refractivity contribution in [2.45, 2.75) is 11.3 Å². The van der Waals surface area contributed by atoms with Crippen LogP contribution in [0.15, 0.2) is 35.5 Å². The highest BCUT2D eigenvalue weighted by Crippen LogP contribution is 2.27. The Kier molecular flexibility index (Phi) is 4.43. The first-order valence-electron chi connectivity index (χ1n) is 6.30. The van der Waals surface area contributed by atoms with Gasteiger partial charge in [0.25, 0.3) is 5.69 Å². The van der Waals surface area contributed by atoms with E-state index < -0.39 is 14.9 Å². The number of aryl methyl sites for hydroxylation is 1. The van der Waals surface area contributed by atoms with Gasteiger partial charge in [0, 0.05) is 25.9 Å². The minimum atomic E-state index is -3.98. The molecule has 10 heteroatoms. The second-order valence-electron chi connectivity index (χ2n) is 4.68. The molecule has 0 unspecified atom stereocenters. The van der Waals surface area contributed by atoms with Crippen LogP contribution < -0.4 is 10.5 Å². The summed E-state index contributed by atoms with van der Waals surface area (Å²) in [6.07, 6.45) is 4.18. The van der Waals surface area contributed by atoms with Gasteiger partial charge >= 0.3 is 0 Å². The number of hydrogen-bond acceptors (Lipinski definition) is 6. The summed E-state index contributed by atoms with van der Waals surface area (Å²) in [6, 6.07) is 3.51. The molecule has 9 nitrogen and oxygen atoms in total. The lowest BCUT2D eigenvalue weighted by Gasteiger charge is -2.07. The van der Waals surface area contributed by atoms with Gasteiger partial charge in [-0.1, -0.05) is 0 Å². The monoisotopic (exact) mass is 325 g/mol. The Morgan fingerprint density at radius 1 is 1.45 bits per heavy atom. The third kappa shape index (κ3) is 3.80. The lowest BCUT2D eigenvalue weighted by atomic mass is 10.2. The molecule has 0 spiro atoms. The Hall–Kier alpha value is -2.46. The maximum atomic E-state index is 11.2. The molecule has 0 aliphatic heterocycles. The molecule has 0 fully saturated rings. The van der Waals surface area contributed by atoms with Crippen molar-refractivity contribution in [3.8, 4) is 0 Å². The Bertz CT molecular complexity index is 800. The number of primary sulfonamides is 1. The summed E-state index contributed by atoms with van der Waals surface area (Å²) in [5.74, 6) is 0. The van der Waals surface area contributed by atoms with Gasteiger partial charge in [-0.05, 0) is 24.1 Å². The number of benzene rings is 1. The number of rotatable bonds is 6. The molecule has 0 saturated heterocycles. The number of nitro groups is 1. The average Bonchev–Trinajstić information content (AvgIpc) is 2.83. The molecule has 0 aliphatic carbocycles. The van der Waals surface area contributed by atoms with E-state index in [2.05, 4.69) is 10.4 Å². The van der Waals surface area contributed by atoms with Gasteiger partial charge in [0.05, 0.1) is 16.0 Å². The summed E-state index contributed by atoms with van der Waals surface area (Å²) in [5.41, 5.74) is 0.887. The fourth-order valence-electron chi connectivity index (χ4n) is 1.93. The number of sulfonamides is 1. The molecule has 2 rings (SSSR count). The van der Waals surface area contributed by atoms with Crippen molar-refractivity contribution in [2.24, 2.45) is 12.2 Å². The number of anilines is 1. The average molecular weight is 325 g/mol. The standard InChI is InChI=1S/C12H15N5O4S/c1-16-8-9(7-15-16)4-5-14-11-3-2-10(22(13,20)21)6-12(11)17(18)19/h2-3,6-8,14H,4-5H2,1H3,(H2,13,20,21). The third-order valence-corrected chi connectivity index (χ3v) is 3.89. The molecule has 22 heavy (non-hydrogen) atoms. The highest BCUT2D eigenvalue weighted by molar-refractivity contribution is 7.89. The van der Waals surface area contributed by atoms with E-state index in [0.29, 0.717) is 13.0 Å². The van der Waals surface area contributed by atoms with E-state index in [1.807, 2.05) is 6.20 Å². The SMILES string of the molecule is Cn1cc(CCNc2ccc(S(N)(=O)=O)cc2[N+](=O)[O-])cn1. The topological polar surface area (TPSA) is 133 Å². The molecule has 0 aliphatic rings. The molecular formula is C12H15N5O4S. The van der Waals surface area contributed by atoms with Gasteiger partial charge in [-0.15, -0.1) is 0 Å². The van der Waals surface area contributed by atoms with Crippen molar-refractivity contribution in [1.82, 2.24) is 9.78 Å². The minimum Gasteiger partial charge on any atom is -0.379 e. The summed E-state index contributed by atoms with van der Waals surface area (Å²) in [7, 11) is -2.18. The number of nitrogens with one attached hydrogen (secondary N) is 1. The Labute approximate surface area is 126 Å². The van der Waals surface area contributed by atoms with Crippen LogP contribution in [0, 0.1) is 10.1 Å². The molecule has 0 saturated carbocycles. The summed E-state index contributed by atoms with van der Waals surface area (Å²) >= 11 is 0. The van der Waals surface area contributed by atoms with E-state index >= 15 is 0 Å². The van der Waals surface area contributed by atoms with Gasteiger partial charge in [-0.2, -0.15) is 5.10 Å². The zero-order valence-corrected chi connectivity index (χ0v) is 12.6. The maximum absolute atomic E-state index is 11.2. The molecule has 118 valence electrons. The van der Waals surface area contributed by atoms with Crippen LogP contribution in [0.4, 0.5) is 11.4 Å². The van der Waals surface area contributed by atoms with Gasteiger partial charge in [-0.25, -0.2) is 13.6 Å². The van der Waals surface area contributed by atoms with Gasteiger partial charge < -0.3 is 5.32 Å². The largest absolute Gasteiger partial charge is 0.379 e. The van der Waals surface area contributed by atoms with Crippen LogP contribution in [0.2, 0.25) is 0 Å². The van der Waals surface area contributed by atoms with Gasteiger partial charge in [-0.3, -0.25) is 14.8 Å². The first kappa shape index (κ1) is 15.9. The van der Waals surface area contributed by atoms with Crippen LogP contribution in [0.3, 0.4) is 0 Å². The molecule has 1 aromatic heterocycles. The maximum Gasteiger partial charge on any atom is 0.293 e. The first-order valence-corrected chi connectivity index (χ1v) is 7.84. The smallest absolute Gasteiger partial charge is 0.293 e. The summed E-state index contributed by atoms with van der Waals surface area (Å²) in [4.78, 5) is 10.1. The normalized spacial score (nSPS) is 11.4. The number of nitrogens with two attached hydrogens (primary N) is 1. The summed E-state index contributed by atoms with van der Waals surface area (Å²) in [6.45, 7) is 0.446. The van der Waals surface area contributed by atoms with Crippen molar-refractivity contribution >= 4 is 21.4 Å². The van der Waals surface area contributed by atoms with E-state index in [9.17, 15) is 18.5 Å². The molecule has 1 heterocycles. The second kappa shape index (κ2) is 6.12. The molecule has 0 radical (unpaired) electrons. The van der Waals surface area contributed by atoms with Crippen LogP contribution in [-0.4, -0.2) is 29.7 Å². The van der Waals surface area contributed by atoms with Crippen molar-refractivity contribution < 1.29 is 13.3 Å². The van der Waals surface area contributed by atoms with Gasteiger partial charge in [0.1, 0.15) is 5.69 Å². The van der Waals surface area contributed by atoms with Crippen LogP contribution in [0.1, 0.15) is 5.56 Å². The second-order valence-corrected chi connectivity index (χ2v) is 6.24. The highest BCUT2D eigenvalue weighted by atomic mass is 32.2. The molecule has 1 aromatic carbocycles. The van der Waals surface area contributed by atoms with Crippen LogP contribution >= 0.6 is 0 Å². The predicted octanol–water partition coefficient (Wildman–Crippen LogP) is 0.630. The van der Waals surface area contributed by atoms with E-state index in [-0.39, 0.29) is 16.3 Å². The molecule has 0 bridgehead atoms. The van der Waals surface area contributed by atoms with Crippen LogP contribution in [0.5, 0.6) is 0 Å². The molecule has 2 aromatic rings. The van der Waals surface area contributed by atoms with Gasteiger partial charge in [0.2, 0.25) is 10.0 Å². The number of nitro benzene ring substituents is 1. The third-order valence-electron chi connectivity index (χ3n) is 2.98. The summed E-state index contributed by atoms with van der Waals surface area (Å²) < 4.78 is 24.2. The lowest BCUT2D eigenvalue weighted by molar-refractivity contribution is -0.384. The molecular weight excluding hydrogens is 310 g/mol. The van der Waals surface area contributed by atoms with Gasteiger partial charge in [0.15, 0.2) is 0 Å². The Balaban J connectivity index is 2.14. The van der Waals surface area contributed by atoms with Crippen molar-refractivity contribution in [2.75, 3.05) is 11.9 Å². The van der Waals surface area contributed by atoms with Crippen LogP contribution in [-0.2, 0) is 23.5 Å². The fourth-order valence-corrected chi connectivity index (χ4v) is 2.47. The number of nitrogens with zero attached hydrogens (tertiary/aromatic N) is 3. The minimum absolute atomic E-state index is 0.237. The van der Waals surface area contributed by atoms with Crippen molar-refractivity contribution in [3.05, 3.63) is 46.3 Å². The van der Waals surface area contributed by atoms with Crippen molar-refractivity contribution in [1.29, 1.82) is 0 Å². The Morgan fingerprint density at radius 2 is 2.18 bits per heavy atom. The Morgan fingerprint density at radius 3 is 2.73 bits per heavy atom. The quantitative estimate of drug-likeness (QED) is 0.591. The molecule has 0 amide bonds. The zero-order valence-electron chi connectivity index (χ0n) is 11.8. The molecule has 0 atom stereocenters. The number of aromatic nitrogens is 2. The first-order chi connectivity index (χ1) is 10.3. The molecule has 3 N–H and O–H groups in total. The summed E-state index contributed by atoms with van der Waals surface area (Å²) in [5, 5.41) is 23.0. The predicted molar refractivity (Wildman–Crippen MR) is 79.9 cm³/mol. The zero-order chi connectivity index (χ0) is 16.3. The van der Waals surface area contributed by atoms with E-state index in [1.165, 1.54) is 12.1 Å². The van der Waals surface area contributed by atoms with E-state index in [0.717, 1.165) is 11.6 Å². The fraction of sp³-hybridized carbons (Fsp3) is 0.250. The van der Waals surface area contributed by atoms with E-state index in [4.69, 9.17) is 5.14 Å². The lowest BCUT2D eigenvalue weighted by Crippen LogP contribution is -2.13. The van der Waals surface area contributed by atoms with Crippen LogP contribution in [0.25, 0.3) is 0 Å².